The molecule has 2 aromatic carbocycles. The summed E-state index contributed by atoms with van der Waals surface area (Å²) in [5.41, 5.74) is -2.87. The quantitative estimate of drug-likeness (QED) is 0.666. The molecule has 26 heavy (non-hydrogen) atoms. The van der Waals surface area contributed by atoms with Crippen LogP contribution in [0.3, 0.4) is 0 Å². The van der Waals surface area contributed by atoms with Crippen molar-refractivity contribution in [1.29, 1.82) is 0 Å². The van der Waals surface area contributed by atoms with E-state index in [0.717, 1.165) is 12.1 Å². The summed E-state index contributed by atoms with van der Waals surface area (Å²) < 4.78 is 32.3. The largest absolute Gasteiger partial charge is 0.458 e. The van der Waals surface area contributed by atoms with Crippen LogP contribution in [0.4, 0.5) is 8.78 Å². The lowest BCUT2D eigenvalue weighted by molar-refractivity contribution is -0.179. The normalized spacial score (nSPS) is 14.8. The smallest absolute Gasteiger partial charge is 0.345 e. The third-order valence-electron chi connectivity index (χ3n) is 3.79. The standard InChI is InChI=1S/C21H20F2O3/c1-5-16(14-11-12-17(22)18(23)13-14)21(25,15-9-7-6-8-10-15)19(24)26-20(2,3)4/h1,6-13,16,25H,2-4H3/t16-,21+/m0/s1. The summed E-state index contributed by atoms with van der Waals surface area (Å²) >= 11 is 0. The molecule has 2 aromatic rings. The number of terminal acetylenes is 1. The molecular weight excluding hydrogens is 338 g/mol. The summed E-state index contributed by atoms with van der Waals surface area (Å²) in [7, 11) is 0. The first-order chi connectivity index (χ1) is 12.1. The van der Waals surface area contributed by atoms with Crippen molar-refractivity contribution >= 4 is 5.97 Å². The molecule has 0 fully saturated rings. The molecule has 1 N–H and O–H groups in total. The van der Waals surface area contributed by atoms with Gasteiger partial charge in [-0.3, -0.25) is 0 Å². The van der Waals surface area contributed by atoms with Gasteiger partial charge in [-0.25, -0.2) is 13.6 Å². The van der Waals surface area contributed by atoms with E-state index in [-0.39, 0.29) is 11.1 Å². The summed E-state index contributed by atoms with van der Waals surface area (Å²) in [4.78, 5) is 12.9. The molecule has 0 aromatic heterocycles. The summed E-state index contributed by atoms with van der Waals surface area (Å²) in [5, 5.41) is 11.4. The molecule has 0 aliphatic heterocycles. The van der Waals surface area contributed by atoms with E-state index in [2.05, 4.69) is 5.92 Å². The minimum Gasteiger partial charge on any atom is -0.458 e. The van der Waals surface area contributed by atoms with Crippen LogP contribution < -0.4 is 0 Å². The van der Waals surface area contributed by atoms with E-state index in [1.54, 1.807) is 39.0 Å². The third-order valence-corrected chi connectivity index (χ3v) is 3.79. The lowest BCUT2D eigenvalue weighted by atomic mass is 9.77. The van der Waals surface area contributed by atoms with Crippen molar-refractivity contribution in [3.63, 3.8) is 0 Å². The van der Waals surface area contributed by atoms with E-state index in [9.17, 15) is 18.7 Å². The zero-order chi connectivity index (χ0) is 19.5. The molecule has 0 saturated heterocycles. The first-order valence-corrected chi connectivity index (χ1v) is 8.02. The molecule has 2 atom stereocenters. The van der Waals surface area contributed by atoms with Gasteiger partial charge in [-0.1, -0.05) is 42.3 Å². The Labute approximate surface area is 151 Å². The van der Waals surface area contributed by atoms with Gasteiger partial charge in [0.2, 0.25) is 5.60 Å². The zero-order valence-corrected chi connectivity index (χ0v) is 14.8. The van der Waals surface area contributed by atoms with Gasteiger partial charge in [0.05, 0.1) is 5.92 Å². The fourth-order valence-corrected chi connectivity index (χ4v) is 2.60. The highest BCUT2D eigenvalue weighted by molar-refractivity contribution is 5.83. The number of carbonyl (C=O) groups is 1. The van der Waals surface area contributed by atoms with Crippen molar-refractivity contribution in [2.45, 2.75) is 37.9 Å². The Hall–Kier alpha value is -2.71. The van der Waals surface area contributed by atoms with Gasteiger partial charge in [0.25, 0.3) is 0 Å². The summed E-state index contributed by atoms with van der Waals surface area (Å²) in [6.45, 7) is 4.95. The van der Waals surface area contributed by atoms with Crippen LogP contribution in [0.15, 0.2) is 48.5 Å². The Morgan fingerprint density at radius 3 is 2.23 bits per heavy atom. The van der Waals surface area contributed by atoms with Crippen LogP contribution in [0.1, 0.15) is 37.8 Å². The Morgan fingerprint density at radius 2 is 1.73 bits per heavy atom. The van der Waals surface area contributed by atoms with Crippen molar-refractivity contribution < 1.29 is 23.4 Å². The number of hydrogen-bond acceptors (Lipinski definition) is 3. The molecule has 0 spiro atoms. The van der Waals surface area contributed by atoms with Gasteiger partial charge < -0.3 is 9.84 Å². The number of esters is 1. The van der Waals surface area contributed by atoms with Gasteiger partial charge >= 0.3 is 5.97 Å². The maximum atomic E-state index is 13.7. The van der Waals surface area contributed by atoms with Crippen LogP contribution in [0.2, 0.25) is 0 Å². The Bertz CT molecular complexity index is 835. The summed E-state index contributed by atoms with van der Waals surface area (Å²) in [6, 6.07) is 11.0. The van der Waals surface area contributed by atoms with E-state index in [1.165, 1.54) is 18.2 Å². The lowest BCUT2D eigenvalue weighted by Gasteiger charge is -2.34. The maximum absolute atomic E-state index is 13.7. The van der Waals surface area contributed by atoms with Crippen molar-refractivity contribution in [1.82, 2.24) is 0 Å². The van der Waals surface area contributed by atoms with Crippen LogP contribution in [-0.2, 0) is 15.1 Å². The van der Waals surface area contributed by atoms with E-state index >= 15 is 0 Å². The van der Waals surface area contributed by atoms with Crippen LogP contribution in [-0.4, -0.2) is 16.7 Å². The average molecular weight is 358 g/mol. The highest BCUT2D eigenvalue weighted by Gasteiger charge is 2.48. The number of benzene rings is 2. The van der Waals surface area contributed by atoms with Gasteiger partial charge in [0.1, 0.15) is 5.60 Å². The average Bonchev–Trinajstić information content (AvgIpc) is 2.57. The van der Waals surface area contributed by atoms with Gasteiger partial charge in [-0.15, -0.1) is 6.42 Å². The maximum Gasteiger partial charge on any atom is 0.345 e. The first kappa shape index (κ1) is 19.6. The number of aliphatic hydroxyl groups is 1. The van der Waals surface area contributed by atoms with E-state index in [1.807, 2.05) is 0 Å². The molecule has 0 radical (unpaired) electrons. The first-order valence-electron chi connectivity index (χ1n) is 8.02. The van der Waals surface area contributed by atoms with Crippen LogP contribution >= 0.6 is 0 Å². The van der Waals surface area contributed by atoms with Crippen molar-refractivity contribution in [3.8, 4) is 12.3 Å². The molecule has 0 saturated carbocycles. The third kappa shape index (κ3) is 3.92. The topological polar surface area (TPSA) is 46.5 Å². The summed E-state index contributed by atoms with van der Waals surface area (Å²) in [6.07, 6.45) is 5.58. The fraction of sp³-hybridized carbons (Fsp3) is 0.286. The minimum absolute atomic E-state index is 0.0867. The predicted octanol–water partition coefficient (Wildman–Crippen LogP) is 3.91. The van der Waals surface area contributed by atoms with Crippen molar-refractivity contribution in [3.05, 3.63) is 71.3 Å². The van der Waals surface area contributed by atoms with Crippen molar-refractivity contribution in [2.75, 3.05) is 0 Å². The Morgan fingerprint density at radius 1 is 1.12 bits per heavy atom. The molecule has 0 aliphatic carbocycles. The van der Waals surface area contributed by atoms with Gasteiger partial charge in [-0.05, 0) is 44.0 Å². The molecule has 0 aliphatic rings. The lowest BCUT2D eigenvalue weighted by Crippen LogP contribution is -2.45. The fourth-order valence-electron chi connectivity index (χ4n) is 2.60. The van der Waals surface area contributed by atoms with Crippen molar-refractivity contribution in [2.24, 2.45) is 0 Å². The minimum atomic E-state index is -2.27. The SMILES string of the molecule is C#C[C@@H](c1ccc(F)c(F)c1)[C@@](O)(C(=O)OC(C)(C)C)c1ccccc1. The van der Waals surface area contributed by atoms with E-state index in [0.29, 0.717) is 0 Å². The predicted molar refractivity (Wildman–Crippen MR) is 94.1 cm³/mol. The zero-order valence-electron chi connectivity index (χ0n) is 14.8. The van der Waals surface area contributed by atoms with E-state index < -0.39 is 34.7 Å². The summed E-state index contributed by atoms with van der Waals surface area (Å²) in [5.74, 6) is -2.09. The van der Waals surface area contributed by atoms with Gasteiger partial charge in [-0.2, -0.15) is 0 Å². The molecule has 5 heteroatoms. The molecule has 0 heterocycles. The second-order valence-corrected chi connectivity index (χ2v) is 6.91. The number of ether oxygens (including phenoxy) is 1. The number of rotatable bonds is 4. The number of carbonyl (C=O) groups excluding carboxylic acids is 1. The van der Waals surface area contributed by atoms with Gasteiger partial charge in [0, 0.05) is 0 Å². The number of halogens is 2. The monoisotopic (exact) mass is 358 g/mol. The van der Waals surface area contributed by atoms with Crippen LogP contribution in [0.5, 0.6) is 0 Å². The molecule has 136 valence electrons. The molecule has 0 bridgehead atoms. The Balaban J connectivity index is 2.63. The molecular formula is C21H20F2O3. The molecule has 0 amide bonds. The Kier molecular flexibility index (Phi) is 5.48. The second-order valence-electron chi connectivity index (χ2n) is 6.91. The highest BCUT2D eigenvalue weighted by atomic mass is 19.2. The van der Waals surface area contributed by atoms with E-state index in [4.69, 9.17) is 11.2 Å². The highest BCUT2D eigenvalue weighted by Crippen LogP contribution is 2.39. The van der Waals surface area contributed by atoms with Gasteiger partial charge in [0.15, 0.2) is 11.6 Å². The van der Waals surface area contributed by atoms with Crippen LogP contribution in [0.25, 0.3) is 0 Å². The molecule has 2 rings (SSSR count). The second kappa shape index (κ2) is 7.27. The molecule has 0 unspecified atom stereocenters. The number of hydrogen-bond donors (Lipinski definition) is 1. The van der Waals surface area contributed by atoms with Crippen LogP contribution in [0, 0.1) is 24.0 Å². The molecule has 3 nitrogen and oxygen atoms in total.